The van der Waals surface area contributed by atoms with Gasteiger partial charge in [-0.3, -0.25) is 9.59 Å². The molecule has 6 heteroatoms. The number of primary amides is 1. The van der Waals surface area contributed by atoms with E-state index >= 15 is 0 Å². The zero-order valence-corrected chi connectivity index (χ0v) is 5.20. The molecule has 0 aliphatic rings. The standard InChI is InChI=1S/C4H8N2O3.H2O/c5-2(4(8)9)1-3(6)7;/h2H,1,5H2,(H2,6,7)(H,8,9);1H2/t2-;/m0./s1/i5+1,6+1;. The molecule has 0 aromatic carbocycles. The highest BCUT2D eigenvalue weighted by molar-refractivity contribution is 5.82. The molecule has 6 nitrogen and oxygen atoms in total. The fraction of sp³-hybridized carbons (Fsp3) is 0.500. The number of carbonyl (C=O) groups excluding carboxylic acids is 1. The highest BCUT2D eigenvalue weighted by atomic mass is 16.4. The smallest absolute Gasteiger partial charge is 0.321 e. The van der Waals surface area contributed by atoms with Gasteiger partial charge >= 0.3 is 5.97 Å². The Morgan fingerprint density at radius 1 is 1.50 bits per heavy atom. The van der Waals surface area contributed by atoms with Gasteiger partial charge in [0.1, 0.15) is 6.04 Å². The molecule has 10 heavy (non-hydrogen) atoms. The van der Waals surface area contributed by atoms with Gasteiger partial charge in [0, 0.05) is 0 Å². The Morgan fingerprint density at radius 3 is 2.00 bits per heavy atom. The predicted octanol–water partition coefficient (Wildman–Crippen LogP) is -2.55. The number of amides is 1. The van der Waals surface area contributed by atoms with Crippen LogP contribution in [-0.2, 0) is 9.59 Å². The third-order valence-corrected chi connectivity index (χ3v) is 0.738. The van der Waals surface area contributed by atoms with E-state index in [0.29, 0.717) is 0 Å². The first-order chi connectivity index (χ1) is 4.04. The van der Waals surface area contributed by atoms with Crippen LogP contribution in [0.1, 0.15) is 6.42 Å². The Balaban J connectivity index is 0. The van der Waals surface area contributed by atoms with E-state index in [-0.39, 0.29) is 11.9 Å². The summed E-state index contributed by atoms with van der Waals surface area (Å²) in [6.45, 7) is 0. The molecule has 1 amide bonds. The van der Waals surface area contributed by atoms with E-state index in [9.17, 15) is 9.59 Å². The van der Waals surface area contributed by atoms with Crippen LogP contribution in [0.4, 0.5) is 0 Å². The van der Waals surface area contributed by atoms with Crippen molar-refractivity contribution < 1.29 is 20.2 Å². The zero-order valence-electron chi connectivity index (χ0n) is 5.20. The Morgan fingerprint density at radius 2 is 1.90 bits per heavy atom. The summed E-state index contributed by atoms with van der Waals surface area (Å²) in [4.78, 5) is 19.9. The number of nitrogens with two attached hydrogens (primary N) is 2. The molecule has 0 aliphatic carbocycles. The molecule has 0 aliphatic heterocycles. The molecule has 0 bridgehead atoms. The van der Waals surface area contributed by atoms with E-state index in [2.05, 4.69) is 5.73 Å². The van der Waals surface area contributed by atoms with Crippen molar-refractivity contribution in [2.24, 2.45) is 11.5 Å². The number of hydrogen-bond acceptors (Lipinski definition) is 3. The lowest BCUT2D eigenvalue weighted by molar-refractivity contribution is -0.140. The number of carbonyl (C=O) groups is 2. The largest absolute Gasteiger partial charge is 0.480 e. The Labute approximate surface area is 57.1 Å². The van der Waals surface area contributed by atoms with E-state index in [1.807, 2.05) is 0 Å². The Kier molecular flexibility index (Phi) is 5.48. The maximum atomic E-state index is 9.99. The van der Waals surface area contributed by atoms with Crippen LogP contribution in [0.5, 0.6) is 0 Å². The SMILES string of the molecule is O.[15NH2]C(=O)C[C@H]([15NH2])C(=O)O. The van der Waals surface area contributed by atoms with Gasteiger partial charge in [0.15, 0.2) is 0 Å². The minimum absolute atomic E-state index is 0. The molecule has 60 valence electrons. The molecule has 0 saturated carbocycles. The zero-order chi connectivity index (χ0) is 7.44. The minimum atomic E-state index is -1.21. The van der Waals surface area contributed by atoms with Crippen LogP contribution in [0.2, 0.25) is 0 Å². The van der Waals surface area contributed by atoms with Gasteiger partial charge in [-0.15, -0.1) is 0 Å². The van der Waals surface area contributed by atoms with Crippen LogP contribution in [0.25, 0.3) is 0 Å². The Hall–Kier alpha value is -1.14. The number of carboxylic acid groups (broad SMARTS) is 1. The first-order valence-electron chi connectivity index (χ1n) is 2.30. The molecule has 0 spiro atoms. The van der Waals surface area contributed by atoms with Gasteiger partial charge in [0.2, 0.25) is 5.91 Å². The second kappa shape index (κ2) is 4.71. The summed E-state index contributed by atoms with van der Waals surface area (Å²) < 4.78 is 0. The molecule has 0 saturated heterocycles. The van der Waals surface area contributed by atoms with Gasteiger partial charge in [-0.25, -0.2) is 0 Å². The molecular weight excluding hydrogens is 142 g/mol. The normalized spacial score (nSPS) is 11.3. The molecule has 1 atom stereocenters. The highest BCUT2D eigenvalue weighted by Gasteiger charge is 2.13. The summed E-state index contributed by atoms with van der Waals surface area (Å²) in [5, 5.41) is 8.10. The van der Waals surface area contributed by atoms with Gasteiger partial charge in [0.05, 0.1) is 6.42 Å². The van der Waals surface area contributed by atoms with Crippen LogP contribution in [0, 0.1) is 0 Å². The molecule has 0 radical (unpaired) electrons. The van der Waals surface area contributed by atoms with Gasteiger partial charge < -0.3 is 22.1 Å². The highest BCUT2D eigenvalue weighted by Crippen LogP contribution is 1.84. The van der Waals surface area contributed by atoms with Crippen molar-refractivity contribution in [2.45, 2.75) is 12.5 Å². The predicted molar refractivity (Wildman–Crippen MR) is 33.0 cm³/mol. The molecule has 7 N–H and O–H groups in total. The number of aliphatic carboxylic acids is 1. The average Bonchev–Trinajstić information content (AvgIpc) is 1.63. The van der Waals surface area contributed by atoms with Crippen molar-refractivity contribution in [3.8, 4) is 0 Å². The molecule has 0 rings (SSSR count). The number of hydrogen-bond donors (Lipinski definition) is 3. The molecule has 0 aromatic rings. The van der Waals surface area contributed by atoms with E-state index in [0.717, 1.165) is 0 Å². The van der Waals surface area contributed by atoms with Gasteiger partial charge in [0.25, 0.3) is 0 Å². The molecule has 0 fully saturated rings. The van der Waals surface area contributed by atoms with Crippen molar-refractivity contribution >= 4 is 11.9 Å². The summed E-state index contributed by atoms with van der Waals surface area (Å²) in [7, 11) is 0. The maximum Gasteiger partial charge on any atom is 0.321 e. The fourth-order valence-corrected chi connectivity index (χ4v) is 0.304. The van der Waals surface area contributed by atoms with Crippen LogP contribution in [0.3, 0.4) is 0 Å². The van der Waals surface area contributed by atoms with Crippen LogP contribution < -0.4 is 11.5 Å². The molecule has 0 aromatic heterocycles. The van der Waals surface area contributed by atoms with Gasteiger partial charge in [-0.05, 0) is 0 Å². The Bertz CT molecular complexity index is 135. The fourth-order valence-electron chi connectivity index (χ4n) is 0.304. The van der Waals surface area contributed by atoms with Crippen molar-refractivity contribution in [1.29, 1.82) is 0 Å². The van der Waals surface area contributed by atoms with Crippen LogP contribution in [-0.4, -0.2) is 28.5 Å². The van der Waals surface area contributed by atoms with E-state index < -0.39 is 17.9 Å². The molecule has 0 unspecified atom stereocenters. The van der Waals surface area contributed by atoms with E-state index in [4.69, 9.17) is 10.8 Å². The number of rotatable bonds is 3. The lowest BCUT2D eigenvalue weighted by Crippen LogP contribution is -2.34. The quantitative estimate of drug-likeness (QED) is 0.383. The first kappa shape index (κ1) is 11.6. The topological polar surface area (TPSA) is 138 Å². The summed E-state index contributed by atoms with van der Waals surface area (Å²) in [5.74, 6) is -1.92. The monoisotopic (exact) mass is 152 g/mol. The third kappa shape index (κ3) is 5.01. The summed E-state index contributed by atoms with van der Waals surface area (Å²) in [5.41, 5.74) is 9.57. The van der Waals surface area contributed by atoms with Crippen LogP contribution in [0.15, 0.2) is 0 Å². The second-order valence-electron chi connectivity index (χ2n) is 1.62. The average molecular weight is 152 g/mol. The van der Waals surface area contributed by atoms with Crippen molar-refractivity contribution in [1.82, 2.24) is 0 Å². The second-order valence-corrected chi connectivity index (χ2v) is 1.62. The summed E-state index contributed by atoms with van der Waals surface area (Å²) >= 11 is 0. The van der Waals surface area contributed by atoms with Crippen molar-refractivity contribution in [3.63, 3.8) is 0 Å². The summed E-state index contributed by atoms with van der Waals surface area (Å²) in [6.07, 6.45) is -0.310. The molecule has 0 heterocycles. The van der Waals surface area contributed by atoms with Gasteiger partial charge in [-0.2, -0.15) is 0 Å². The van der Waals surface area contributed by atoms with E-state index in [1.54, 1.807) is 0 Å². The van der Waals surface area contributed by atoms with E-state index in [1.165, 1.54) is 0 Å². The summed E-state index contributed by atoms with van der Waals surface area (Å²) in [6, 6.07) is -1.16. The van der Waals surface area contributed by atoms with Crippen molar-refractivity contribution in [3.05, 3.63) is 0 Å². The lowest BCUT2D eigenvalue weighted by atomic mass is 10.2. The maximum absolute atomic E-state index is 9.99. The van der Waals surface area contributed by atoms with Crippen molar-refractivity contribution in [2.75, 3.05) is 0 Å². The number of carboxylic acids is 1. The third-order valence-electron chi connectivity index (χ3n) is 0.738. The molecular formula is C4H10N2O4. The lowest BCUT2D eigenvalue weighted by Gasteiger charge is -1.99. The minimum Gasteiger partial charge on any atom is -0.480 e. The van der Waals surface area contributed by atoms with Crippen LogP contribution >= 0.6 is 0 Å². The van der Waals surface area contributed by atoms with Gasteiger partial charge in [-0.1, -0.05) is 0 Å². The first-order valence-corrected chi connectivity index (χ1v) is 2.30.